The summed E-state index contributed by atoms with van der Waals surface area (Å²) < 4.78 is 4.91. The Bertz CT molecular complexity index is 733. The topological polar surface area (TPSA) is 93.0 Å². The number of hydrogen-bond acceptors (Lipinski definition) is 6. The fourth-order valence-electron chi connectivity index (χ4n) is 2.08. The van der Waals surface area contributed by atoms with Gasteiger partial charge in [0, 0.05) is 20.2 Å². The van der Waals surface area contributed by atoms with E-state index in [4.69, 9.17) is 17.0 Å². The SMILES string of the molecule is COc1ccc(C=C2C(=O)N(C)C(=S)N(C)C2=O)cc1[N+](=O)[O-]. The van der Waals surface area contributed by atoms with Gasteiger partial charge in [-0.2, -0.15) is 0 Å². The molecule has 1 aromatic rings. The maximum Gasteiger partial charge on any atom is 0.311 e. The Hall–Kier alpha value is -2.81. The minimum absolute atomic E-state index is 0.0915. The van der Waals surface area contributed by atoms with Crippen LogP contribution in [-0.4, -0.2) is 52.9 Å². The molecule has 1 aromatic carbocycles. The van der Waals surface area contributed by atoms with Gasteiger partial charge in [-0.05, 0) is 29.9 Å². The first kappa shape index (κ1) is 16.6. The molecule has 0 saturated carbocycles. The van der Waals surface area contributed by atoms with Crippen LogP contribution in [0.1, 0.15) is 5.56 Å². The summed E-state index contributed by atoms with van der Waals surface area (Å²) in [6, 6.07) is 4.16. The highest BCUT2D eigenvalue weighted by Crippen LogP contribution is 2.29. The predicted molar refractivity (Wildman–Crippen MR) is 85.8 cm³/mol. The summed E-state index contributed by atoms with van der Waals surface area (Å²) in [6.45, 7) is 0. The normalized spacial score (nSPS) is 15.1. The number of ether oxygens (including phenoxy) is 1. The van der Waals surface area contributed by atoms with Gasteiger partial charge in [-0.25, -0.2) is 0 Å². The number of nitro groups is 1. The number of benzene rings is 1. The van der Waals surface area contributed by atoms with Gasteiger partial charge in [0.25, 0.3) is 11.8 Å². The highest BCUT2D eigenvalue weighted by Gasteiger charge is 2.35. The van der Waals surface area contributed by atoms with Gasteiger partial charge >= 0.3 is 5.69 Å². The number of thiocarbonyl (C=S) groups is 1. The molecule has 0 radical (unpaired) electrons. The number of carbonyl (C=O) groups is 2. The third-order valence-corrected chi connectivity index (χ3v) is 3.90. The third-order valence-electron chi connectivity index (χ3n) is 3.35. The van der Waals surface area contributed by atoms with Gasteiger partial charge in [0.1, 0.15) is 5.57 Å². The maximum atomic E-state index is 12.2. The number of nitrogens with zero attached hydrogens (tertiary/aromatic N) is 3. The Labute approximate surface area is 137 Å². The molecule has 9 heteroatoms. The van der Waals surface area contributed by atoms with Gasteiger partial charge in [0.05, 0.1) is 12.0 Å². The van der Waals surface area contributed by atoms with Crippen molar-refractivity contribution in [3.63, 3.8) is 0 Å². The smallest absolute Gasteiger partial charge is 0.311 e. The second-order valence-electron chi connectivity index (χ2n) is 4.76. The Morgan fingerprint density at radius 1 is 1.22 bits per heavy atom. The average Bonchev–Trinajstić information content (AvgIpc) is 2.54. The van der Waals surface area contributed by atoms with Crippen molar-refractivity contribution in [1.82, 2.24) is 9.80 Å². The first-order valence-electron chi connectivity index (χ1n) is 6.42. The minimum atomic E-state index is -0.598. The van der Waals surface area contributed by atoms with Crippen LogP contribution >= 0.6 is 12.2 Å². The quantitative estimate of drug-likeness (QED) is 0.271. The summed E-state index contributed by atoms with van der Waals surface area (Å²) in [4.78, 5) is 37.2. The zero-order chi connectivity index (χ0) is 17.3. The number of rotatable bonds is 3. The fourth-order valence-corrected chi connectivity index (χ4v) is 2.25. The number of amides is 2. The number of hydrogen-bond donors (Lipinski definition) is 0. The van der Waals surface area contributed by atoms with E-state index in [0.29, 0.717) is 5.56 Å². The molecule has 0 aromatic heterocycles. The second kappa shape index (κ2) is 6.13. The van der Waals surface area contributed by atoms with Gasteiger partial charge in [0.2, 0.25) is 0 Å². The number of carbonyl (C=O) groups excluding carboxylic acids is 2. The van der Waals surface area contributed by atoms with E-state index in [1.165, 1.54) is 55.3 Å². The molecule has 0 atom stereocenters. The molecule has 0 spiro atoms. The van der Waals surface area contributed by atoms with Crippen molar-refractivity contribution in [2.75, 3.05) is 21.2 Å². The van der Waals surface area contributed by atoms with Gasteiger partial charge < -0.3 is 4.74 Å². The molecular formula is C14H13N3O5S. The highest BCUT2D eigenvalue weighted by molar-refractivity contribution is 7.80. The molecule has 2 rings (SSSR count). The van der Waals surface area contributed by atoms with Crippen molar-refractivity contribution in [2.45, 2.75) is 0 Å². The van der Waals surface area contributed by atoms with E-state index in [2.05, 4.69) is 0 Å². The lowest BCUT2D eigenvalue weighted by Gasteiger charge is -2.31. The second-order valence-corrected chi connectivity index (χ2v) is 5.12. The lowest BCUT2D eigenvalue weighted by atomic mass is 10.1. The monoisotopic (exact) mass is 335 g/mol. The van der Waals surface area contributed by atoms with Crippen molar-refractivity contribution in [3.05, 3.63) is 39.4 Å². The molecule has 0 bridgehead atoms. The zero-order valence-corrected chi connectivity index (χ0v) is 13.4. The molecule has 0 aliphatic carbocycles. The number of methoxy groups -OCH3 is 1. The van der Waals surface area contributed by atoms with Crippen LogP contribution in [-0.2, 0) is 9.59 Å². The van der Waals surface area contributed by atoms with Crippen LogP contribution in [0.4, 0.5) is 5.69 Å². The summed E-state index contributed by atoms with van der Waals surface area (Å²) in [5.74, 6) is -1.03. The molecule has 0 N–H and O–H groups in total. The molecule has 0 unspecified atom stereocenters. The van der Waals surface area contributed by atoms with Crippen LogP contribution in [0, 0.1) is 10.1 Å². The van der Waals surface area contributed by atoms with Crippen LogP contribution in [0.3, 0.4) is 0 Å². The number of likely N-dealkylation sites (N-methyl/N-ethyl adjacent to an activating group) is 2. The molecule has 120 valence electrons. The molecule has 23 heavy (non-hydrogen) atoms. The molecule has 8 nitrogen and oxygen atoms in total. The lowest BCUT2D eigenvalue weighted by molar-refractivity contribution is -0.385. The summed E-state index contributed by atoms with van der Waals surface area (Å²) in [7, 11) is 4.23. The van der Waals surface area contributed by atoms with E-state index in [9.17, 15) is 19.7 Å². The molecule has 2 amide bonds. The van der Waals surface area contributed by atoms with E-state index >= 15 is 0 Å². The van der Waals surface area contributed by atoms with E-state index in [1.807, 2.05) is 0 Å². The van der Waals surface area contributed by atoms with Crippen LogP contribution in [0.5, 0.6) is 5.75 Å². The first-order chi connectivity index (χ1) is 10.8. The van der Waals surface area contributed by atoms with Crippen molar-refractivity contribution in [3.8, 4) is 5.75 Å². The Balaban J connectivity index is 2.50. The molecule has 1 heterocycles. The molecule has 1 aliphatic rings. The minimum Gasteiger partial charge on any atom is -0.490 e. The zero-order valence-electron chi connectivity index (χ0n) is 12.6. The van der Waals surface area contributed by atoms with Crippen LogP contribution < -0.4 is 4.74 Å². The van der Waals surface area contributed by atoms with E-state index < -0.39 is 16.7 Å². The van der Waals surface area contributed by atoms with Crippen molar-refractivity contribution in [1.29, 1.82) is 0 Å². The van der Waals surface area contributed by atoms with Crippen LogP contribution in [0.25, 0.3) is 6.08 Å². The van der Waals surface area contributed by atoms with Gasteiger partial charge in [-0.1, -0.05) is 6.07 Å². The summed E-state index contributed by atoms with van der Waals surface area (Å²) in [6.07, 6.45) is 1.30. The Kier molecular flexibility index (Phi) is 4.41. The highest BCUT2D eigenvalue weighted by atomic mass is 32.1. The van der Waals surface area contributed by atoms with Crippen LogP contribution in [0.15, 0.2) is 23.8 Å². The predicted octanol–water partition coefficient (Wildman–Crippen LogP) is 1.20. The molecular weight excluding hydrogens is 322 g/mol. The molecule has 1 fully saturated rings. The first-order valence-corrected chi connectivity index (χ1v) is 6.83. The Morgan fingerprint density at radius 3 is 2.26 bits per heavy atom. The van der Waals surface area contributed by atoms with E-state index in [-0.39, 0.29) is 22.1 Å². The van der Waals surface area contributed by atoms with Crippen molar-refractivity contribution >= 4 is 40.9 Å². The largest absolute Gasteiger partial charge is 0.490 e. The standard InChI is InChI=1S/C14H13N3O5S/c1-15-12(18)9(13(19)16(2)14(15)23)6-8-4-5-11(22-3)10(7-8)17(20)21/h4-7H,1-3H3. The number of nitro benzene ring substituents is 1. The third kappa shape index (κ3) is 2.90. The summed E-state index contributed by atoms with van der Waals surface area (Å²) in [5.41, 5.74) is -0.0401. The fraction of sp³-hybridized carbons (Fsp3) is 0.214. The van der Waals surface area contributed by atoms with Gasteiger partial charge in [0.15, 0.2) is 10.9 Å². The average molecular weight is 335 g/mol. The van der Waals surface area contributed by atoms with Gasteiger partial charge in [-0.15, -0.1) is 0 Å². The summed E-state index contributed by atoms with van der Waals surface area (Å²) in [5, 5.41) is 11.1. The van der Waals surface area contributed by atoms with E-state index in [0.717, 1.165) is 0 Å². The lowest BCUT2D eigenvalue weighted by Crippen LogP contribution is -2.52. The van der Waals surface area contributed by atoms with Crippen molar-refractivity contribution < 1.29 is 19.2 Å². The summed E-state index contributed by atoms with van der Waals surface area (Å²) >= 11 is 4.99. The van der Waals surface area contributed by atoms with Crippen LogP contribution in [0.2, 0.25) is 0 Å². The maximum absolute atomic E-state index is 12.2. The van der Waals surface area contributed by atoms with E-state index in [1.54, 1.807) is 0 Å². The Morgan fingerprint density at radius 2 is 1.78 bits per heavy atom. The van der Waals surface area contributed by atoms with Crippen molar-refractivity contribution in [2.24, 2.45) is 0 Å². The van der Waals surface area contributed by atoms with Gasteiger partial charge in [-0.3, -0.25) is 29.5 Å². The molecule has 1 aliphatic heterocycles. The molecule has 1 saturated heterocycles.